The number of fused-ring (bicyclic) bond motifs is 1. The summed E-state index contributed by atoms with van der Waals surface area (Å²) in [6, 6.07) is 19.1. The van der Waals surface area contributed by atoms with E-state index in [1.54, 1.807) is 62.6 Å². The lowest BCUT2D eigenvalue weighted by Gasteiger charge is -2.15. The molecule has 186 valence electrons. The summed E-state index contributed by atoms with van der Waals surface area (Å²) in [4.78, 5) is 17.8. The van der Waals surface area contributed by atoms with Crippen LogP contribution in [0.2, 0.25) is 0 Å². The van der Waals surface area contributed by atoms with Crippen molar-refractivity contribution in [3.63, 3.8) is 0 Å². The van der Waals surface area contributed by atoms with Crippen molar-refractivity contribution in [1.29, 1.82) is 0 Å². The van der Waals surface area contributed by atoms with Gasteiger partial charge in [-0.05, 0) is 48.4 Å². The second-order valence-corrected chi connectivity index (χ2v) is 10.6. The van der Waals surface area contributed by atoms with Crippen LogP contribution < -0.4 is 10.3 Å². The van der Waals surface area contributed by atoms with Gasteiger partial charge in [0.1, 0.15) is 5.75 Å². The van der Waals surface area contributed by atoms with Crippen molar-refractivity contribution in [2.75, 3.05) is 21.2 Å². The van der Waals surface area contributed by atoms with E-state index in [1.807, 2.05) is 12.1 Å². The van der Waals surface area contributed by atoms with Crippen molar-refractivity contribution >= 4 is 32.7 Å². The number of benzene rings is 3. The molecule has 0 saturated carbocycles. The van der Waals surface area contributed by atoms with Gasteiger partial charge in [0.15, 0.2) is 0 Å². The smallest absolute Gasteiger partial charge is 0.261 e. The van der Waals surface area contributed by atoms with Crippen LogP contribution in [0.15, 0.2) is 81.4 Å². The molecule has 0 radical (unpaired) electrons. The van der Waals surface area contributed by atoms with Crippen molar-refractivity contribution < 1.29 is 18.3 Å². The van der Waals surface area contributed by atoms with Crippen LogP contribution >= 0.6 is 0 Å². The van der Waals surface area contributed by atoms with Crippen LogP contribution in [0.25, 0.3) is 10.8 Å². The summed E-state index contributed by atoms with van der Waals surface area (Å²) in [6.07, 6.45) is 1.46. The fourth-order valence-corrected chi connectivity index (χ4v) is 5.02. The lowest BCUT2D eigenvalue weighted by molar-refractivity contribution is 0.412. The zero-order chi connectivity index (χ0) is 26.0. The van der Waals surface area contributed by atoms with E-state index >= 15 is 0 Å². The highest BCUT2D eigenvalue weighted by Crippen LogP contribution is 2.27. The summed E-state index contributed by atoms with van der Waals surface area (Å²) >= 11 is 0. The molecule has 8 nitrogen and oxygen atoms in total. The minimum atomic E-state index is -3.65. The number of aliphatic imine (C=N–C) groups is 1. The number of rotatable bonds is 7. The van der Waals surface area contributed by atoms with Crippen LogP contribution in [0.3, 0.4) is 0 Å². The van der Waals surface area contributed by atoms with Crippen molar-refractivity contribution in [1.82, 2.24) is 8.87 Å². The van der Waals surface area contributed by atoms with Gasteiger partial charge in [-0.15, -0.1) is 0 Å². The summed E-state index contributed by atoms with van der Waals surface area (Å²) in [5, 5.41) is 12.1. The van der Waals surface area contributed by atoms with Gasteiger partial charge < -0.3 is 9.84 Å². The Bertz CT molecular complexity index is 1620. The molecule has 0 atom stereocenters. The third-order valence-electron chi connectivity index (χ3n) is 5.96. The number of sulfonamides is 1. The Morgan fingerprint density at radius 3 is 2.33 bits per heavy atom. The van der Waals surface area contributed by atoms with Crippen LogP contribution in [0, 0.1) is 6.92 Å². The molecule has 0 fully saturated rings. The minimum absolute atomic E-state index is 0.149. The van der Waals surface area contributed by atoms with Gasteiger partial charge in [-0.1, -0.05) is 36.4 Å². The normalized spacial score (nSPS) is 12.0. The van der Waals surface area contributed by atoms with Crippen LogP contribution in [0.1, 0.15) is 16.7 Å². The minimum Gasteiger partial charge on any atom is -0.497 e. The van der Waals surface area contributed by atoms with Gasteiger partial charge in [-0.2, -0.15) is 0 Å². The van der Waals surface area contributed by atoms with Crippen LogP contribution in [0.4, 0.5) is 5.69 Å². The molecule has 1 N–H and O–H groups in total. The summed E-state index contributed by atoms with van der Waals surface area (Å²) in [5.74, 6) is 0.460. The van der Waals surface area contributed by atoms with Gasteiger partial charge in [-0.3, -0.25) is 14.4 Å². The third kappa shape index (κ3) is 4.75. The fourth-order valence-electron chi connectivity index (χ4n) is 3.88. The number of methoxy groups -OCH3 is 1. The highest BCUT2D eigenvalue weighted by atomic mass is 32.2. The Balaban J connectivity index is 1.82. The molecule has 0 amide bonds. The number of hydrogen-bond donors (Lipinski definition) is 1. The first-order chi connectivity index (χ1) is 17.1. The van der Waals surface area contributed by atoms with E-state index in [2.05, 4.69) is 4.99 Å². The standard InChI is InChI=1S/C27H27N3O5S/c1-18-9-12-20(15-25(18)36(33,34)29(2)3)28-16-24-22-7-5-6-8-23(22)26(31)30(27(24)32)17-19-10-13-21(35-4)14-11-19/h5-16,32H,17H2,1-4H3. The Morgan fingerprint density at radius 2 is 1.69 bits per heavy atom. The molecule has 0 aliphatic carbocycles. The van der Waals surface area contributed by atoms with Crippen molar-refractivity contribution in [2.45, 2.75) is 18.4 Å². The summed E-state index contributed by atoms with van der Waals surface area (Å²) in [6.45, 7) is 1.87. The number of pyridine rings is 1. The molecule has 0 unspecified atom stereocenters. The van der Waals surface area contributed by atoms with Gasteiger partial charge in [0, 0.05) is 31.1 Å². The maximum Gasteiger partial charge on any atom is 0.261 e. The zero-order valence-electron chi connectivity index (χ0n) is 20.5. The maximum absolute atomic E-state index is 13.2. The molecule has 0 spiro atoms. The molecule has 0 bridgehead atoms. The molecular weight excluding hydrogens is 478 g/mol. The van der Waals surface area contributed by atoms with Crippen LogP contribution in [0.5, 0.6) is 11.6 Å². The number of aromatic nitrogens is 1. The van der Waals surface area contributed by atoms with E-state index in [0.717, 1.165) is 9.87 Å². The van der Waals surface area contributed by atoms with Crippen molar-refractivity contribution in [2.24, 2.45) is 4.99 Å². The van der Waals surface area contributed by atoms with Crippen LogP contribution in [-0.2, 0) is 16.6 Å². The molecule has 0 aliphatic heterocycles. The predicted molar refractivity (Wildman–Crippen MR) is 141 cm³/mol. The average Bonchev–Trinajstić information content (AvgIpc) is 2.87. The van der Waals surface area contributed by atoms with Gasteiger partial charge in [0.25, 0.3) is 5.56 Å². The Hall–Kier alpha value is -3.95. The van der Waals surface area contributed by atoms with E-state index in [0.29, 0.717) is 33.3 Å². The molecule has 1 heterocycles. The molecule has 1 aromatic heterocycles. The monoisotopic (exact) mass is 505 g/mol. The van der Waals surface area contributed by atoms with E-state index in [1.165, 1.54) is 30.9 Å². The van der Waals surface area contributed by atoms with Gasteiger partial charge in [-0.25, -0.2) is 12.7 Å². The molecular formula is C27H27N3O5S. The first-order valence-corrected chi connectivity index (χ1v) is 12.6. The number of ether oxygens (including phenoxy) is 1. The molecule has 36 heavy (non-hydrogen) atoms. The third-order valence-corrected chi connectivity index (χ3v) is 7.92. The van der Waals surface area contributed by atoms with E-state index in [4.69, 9.17) is 4.74 Å². The van der Waals surface area contributed by atoms with E-state index in [-0.39, 0.29) is 22.9 Å². The predicted octanol–water partition coefficient (Wildman–Crippen LogP) is 4.07. The SMILES string of the molecule is COc1ccc(Cn2c(O)c(C=Nc3ccc(C)c(S(=O)(=O)N(C)C)c3)c3ccccc3c2=O)cc1. The fraction of sp³-hybridized carbons (Fsp3) is 0.185. The highest BCUT2D eigenvalue weighted by Gasteiger charge is 2.20. The number of hydrogen-bond acceptors (Lipinski definition) is 6. The summed E-state index contributed by atoms with van der Waals surface area (Å²) < 4.78 is 33.0. The number of aryl methyl sites for hydroxylation is 1. The van der Waals surface area contributed by atoms with Crippen molar-refractivity contribution in [3.05, 3.63) is 93.8 Å². The molecule has 3 aromatic carbocycles. The highest BCUT2D eigenvalue weighted by molar-refractivity contribution is 7.89. The lowest BCUT2D eigenvalue weighted by atomic mass is 10.1. The lowest BCUT2D eigenvalue weighted by Crippen LogP contribution is -2.23. The topological polar surface area (TPSA) is 101 Å². The molecule has 0 saturated heterocycles. The Morgan fingerprint density at radius 1 is 1.03 bits per heavy atom. The van der Waals surface area contributed by atoms with Crippen LogP contribution in [-0.4, -0.2) is 49.8 Å². The quantitative estimate of drug-likeness (QED) is 0.382. The largest absolute Gasteiger partial charge is 0.497 e. The van der Waals surface area contributed by atoms with Gasteiger partial charge >= 0.3 is 0 Å². The first kappa shape index (κ1) is 25.2. The number of aromatic hydroxyl groups is 1. The average molecular weight is 506 g/mol. The van der Waals surface area contributed by atoms with Crippen molar-refractivity contribution in [3.8, 4) is 11.6 Å². The molecule has 4 aromatic rings. The van der Waals surface area contributed by atoms with E-state index < -0.39 is 10.0 Å². The number of nitrogens with zero attached hydrogens (tertiary/aromatic N) is 3. The zero-order valence-corrected chi connectivity index (χ0v) is 21.3. The van der Waals surface area contributed by atoms with Gasteiger partial charge in [0.05, 0.1) is 29.8 Å². The maximum atomic E-state index is 13.2. The Labute approximate surface area is 209 Å². The first-order valence-electron chi connectivity index (χ1n) is 11.2. The second-order valence-electron chi connectivity index (χ2n) is 8.52. The molecule has 9 heteroatoms. The Kier molecular flexibility index (Phi) is 6.96. The summed E-state index contributed by atoms with van der Waals surface area (Å²) in [5.41, 5.74) is 1.84. The molecule has 0 aliphatic rings. The van der Waals surface area contributed by atoms with Gasteiger partial charge in [0.2, 0.25) is 15.9 Å². The molecule has 4 rings (SSSR count). The second kappa shape index (κ2) is 9.96. The van der Waals surface area contributed by atoms with E-state index in [9.17, 15) is 18.3 Å². The summed E-state index contributed by atoms with van der Waals surface area (Å²) in [7, 11) is 0.871.